The van der Waals surface area contributed by atoms with Crippen LogP contribution in [0, 0.1) is 5.92 Å². The van der Waals surface area contributed by atoms with Gasteiger partial charge in [-0.25, -0.2) is 0 Å². The number of aromatic nitrogens is 3. The van der Waals surface area contributed by atoms with Gasteiger partial charge in [0.1, 0.15) is 5.75 Å². The first kappa shape index (κ1) is 26.8. The van der Waals surface area contributed by atoms with Gasteiger partial charge in [0.25, 0.3) is 0 Å². The Morgan fingerprint density at radius 3 is 2.20 bits per heavy atom. The fourth-order valence-electron chi connectivity index (χ4n) is 3.98. The zero-order chi connectivity index (χ0) is 25.5. The van der Waals surface area contributed by atoms with Crippen LogP contribution >= 0.6 is 11.8 Å². The van der Waals surface area contributed by atoms with Gasteiger partial charge in [-0.2, -0.15) is 0 Å². The summed E-state index contributed by atoms with van der Waals surface area (Å²) in [4.78, 5) is 12.8. The summed E-state index contributed by atoms with van der Waals surface area (Å²) in [5.41, 5.74) is 3.16. The first-order valence-electron chi connectivity index (χ1n) is 12.4. The van der Waals surface area contributed by atoms with Gasteiger partial charge >= 0.3 is 0 Å². The number of ether oxygens (including phenoxy) is 1. The predicted molar refractivity (Wildman–Crippen MR) is 144 cm³/mol. The molecule has 1 unspecified atom stereocenters. The molecule has 1 N–H and O–H groups in total. The fourth-order valence-corrected chi connectivity index (χ4v) is 4.74. The number of hydrogen-bond acceptors (Lipinski definition) is 5. The van der Waals surface area contributed by atoms with Crippen LogP contribution in [0.2, 0.25) is 0 Å². The van der Waals surface area contributed by atoms with Crippen molar-refractivity contribution in [2.24, 2.45) is 5.92 Å². The lowest BCUT2D eigenvalue weighted by molar-refractivity contribution is -0.113. The van der Waals surface area contributed by atoms with Gasteiger partial charge in [0.05, 0.1) is 5.75 Å². The molecule has 0 saturated carbocycles. The molecule has 1 heterocycles. The molecule has 3 aromatic rings. The van der Waals surface area contributed by atoms with E-state index < -0.39 is 0 Å². The zero-order valence-corrected chi connectivity index (χ0v) is 22.7. The minimum atomic E-state index is -0.276. The minimum Gasteiger partial charge on any atom is -0.482 e. The number of hydrogen-bond donors (Lipinski definition) is 1. The highest BCUT2D eigenvalue weighted by molar-refractivity contribution is 7.99. The molecular weight excluding hydrogens is 456 g/mol. The summed E-state index contributed by atoms with van der Waals surface area (Å²) in [5, 5.41) is 12.7. The van der Waals surface area contributed by atoms with Crippen LogP contribution in [0.25, 0.3) is 0 Å². The van der Waals surface area contributed by atoms with Gasteiger partial charge in [-0.05, 0) is 47.9 Å². The van der Waals surface area contributed by atoms with Crippen molar-refractivity contribution in [1.82, 2.24) is 14.8 Å². The summed E-state index contributed by atoms with van der Waals surface area (Å²) >= 11 is 1.40. The summed E-state index contributed by atoms with van der Waals surface area (Å²) in [6, 6.07) is 16.1. The second kappa shape index (κ2) is 12.2. The Labute approximate surface area is 213 Å². The molecular formula is C28H38N4O2S. The van der Waals surface area contributed by atoms with Crippen molar-refractivity contribution in [3.05, 3.63) is 65.5 Å². The van der Waals surface area contributed by atoms with Gasteiger partial charge in [0, 0.05) is 12.2 Å². The van der Waals surface area contributed by atoms with Gasteiger partial charge in [-0.3, -0.25) is 4.79 Å². The Kier molecular flexibility index (Phi) is 9.38. The van der Waals surface area contributed by atoms with E-state index in [0.717, 1.165) is 34.5 Å². The Bertz CT molecular complexity index is 1120. The van der Waals surface area contributed by atoms with Crippen LogP contribution in [0.3, 0.4) is 0 Å². The molecule has 1 aromatic heterocycles. The molecule has 1 amide bonds. The third-order valence-corrected chi connectivity index (χ3v) is 6.66. The number of thioether (sulfide) groups is 1. The third-order valence-electron chi connectivity index (χ3n) is 5.69. The number of carbonyl (C=O) groups excluding carboxylic acids is 1. The first-order chi connectivity index (χ1) is 16.7. The van der Waals surface area contributed by atoms with Crippen molar-refractivity contribution in [2.75, 3.05) is 11.1 Å². The molecule has 0 spiro atoms. The maximum Gasteiger partial charge on any atom is 0.234 e. The smallest absolute Gasteiger partial charge is 0.234 e. The summed E-state index contributed by atoms with van der Waals surface area (Å²) in [6.07, 6.45) is -0.276. The molecule has 0 fully saturated rings. The molecule has 0 aliphatic rings. The molecule has 2 aromatic carbocycles. The van der Waals surface area contributed by atoms with Crippen molar-refractivity contribution >= 4 is 23.4 Å². The number of rotatable bonds is 11. The van der Waals surface area contributed by atoms with Crippen LogP contribution in [0.1, 0.15) is 83.4 Å². The molecule has 188 valence electrons. The second-order valence-electron chi connectivity index (χ2n) is 9.88. The van der Waals surface area contributed by atoms with Gasteiger partial charge in [0.2, 0.25) is 5.91 Å². The number of benzene rings is 2. The number of nitrogens with one attached hydrogen (secondary N) is 1. The summed E-state index contributed by atoms with van der Waals surface area (Å²) in [6.45, 7) is 15.6. The predicted octanol–water partition coefficient (Wildman–Crippen LogP) is 7.05. The van der Waals surface area contributed by atoms with Crippen LogP contribution in [0.15, 0.2) is 53.7 Å². The van der Waals surface area contributed by atoms with E-state index in [1.54, 1.807) is 0 Å². The van der Waals surface area contributed by atoms with E-state index in [1.165, 1.54) is 17.3 Å². The second-order valence-corrected chi connectivity index (χ2v) is 10.8. The summed E-state index contributed by atoms with van der Waals surface area (Å²) in [5.74, 6) is 2.92. The number of nitrogens with zero attached hydrogens (tertiary/aromatic N) is 3. The van der Waals surface area contributed by atoms with Crippen LogP contribution in [0.5, 0.6) is 5.75 Å². The highest BCUT2D eigenvalue weighted by Crippen LogP contribution is 2.31. The SMILES string of the molecule is CC(C)Cn1c(SCC(=O)Nc2ccccc2C(C)C)nnc1C(C)Oc1ccccc1C(C)C. The first-order valence-corrected chi connectivity index (χ1v) is 13.4. The third kappa shape index (κ3) is 7.10. The fraction of sp³-hybridized carbons (Fsp3) is 0.464. The Morgan fingerprint density at radius 2 is 1.54 bits per heavy atom. The highest BCUT2D eigenvalue weighted by atomic mass is 32.2. The lowest BCUT2D eigenvalue weighted by Gasteiger charge is -2.20. The lowest BCUT2D eigenvalue weighted by Crippen LogP contribution is -2.18. The Morgan fingerprint density at radius 1 is 0.914 bits per heavy atom. The maximum absolute atomic E-state index is 12.8. The largest absolute Gasteiger partial charge is 0.482 e. The van der Waals surface area contributed by atoms with Crippen LogP contribution in [-0.2, 0) is 11.3 Å². The molecule has 7 heteroatoms. The normalized spacial score (nSPS) is 12.4. The number of anilines is 1. The van der Waals surface area contributed by atoms with Crippen molar-refractivity contribution < 1.29 is 9.53 Å². The molecule has 3 rings (SSSR count). The van der Waals surface area contributed by atoms with E-state index in [2.05, 4.69) is 73.8 Å². The van der Waals surface area contributed by atoms with Crippen molar-refractivity contribution in [3.63, 3.8) is 0 Å². The van der Waals surface area contributed by atoms with Gasteiger partial charge in [-0.15, -0.1) is 10.2 Å². The molecule has 6 nitrogen and oxygen atoms in total. The minimum absolute atomic E-state index is 0.0566. The topological polar surface area (TPSA) is 69.0 Å². The standard InChI is InChI=1S/C28H38N4O2S/c1-18(2)16-32-27(21(7)34-25-15-11-9-13-23(25)20(5)6)30-31-28(32)35-17-26(33)29-24-14-10-8-12-22(24)19(3)4/h8-15,18-21H,16-17H2,1-7H3,(H,29,33). The zero-order valence-electron chi connectivity index (χ0n) is 21.9. The molecule has 0 radical (unpaired) electrons. The van der Waals surface area contributed by atoms with Crippen LogP contribution in [0.4, 0.5) is 5.69 Å². The number of amides is 1. The van der Waals surface area contributed by atoms with Crippen LogP contribution in [-0.4, -0.2) is 26.4 Å². The molecule has 0 bridgehead atoms. The average molecular weight is 495 g/mol. The average Bonchev–Trinajstić information content (AvgIpc) is 3.20. The quantitative estimate of drug-likeness (QED) is 0.289. The molecule has 0 aliphatic carbocycles. The van der Waals surface area contributed by atoms with E-state index in [9.17, 15) is 4.79 Å². The van der Waals surface area contributed by atoms with Gasteiger partial charge in [-0.1, -0.05) is 89.7 Å². The molecule has 1 atom stereocenters. The van der Waals surface area contributed by atoms with E-state index in [-0.39, 0.29) is 17.8 Å². The van der Waals surface area contributed by atoms with E-state index in [4.69, 9.17) is 4.74 Å². The van der Waals surface area contributed by atoms with E-state index >= 15 is 0 Å². The van der Waals surface area contributed by atoms with E-state index in [0.29, 0.717) is 17.8 Å². The van der Waals surface area contributed by atoms with Crippen molar-refractivity contribution in [1.29, 1.82) is 0 Å². The maximum atomic E-state index is 12.8. The van der Waals surface area contributed by atoms with Gasteiger partial charge < -0.3 is 14.6 Å². The monoisotopic (exact) mass is 494 g/mol. The lowest BCUT2D eigenvalue weighted by atomic mass is 10.0. The molecule has 0 aliphatic heterocycles. The van der Waals surface area contributed by atoms with Gasteiger partial charge in [0.15, 0.2) is 17.1 Å². The highest BCUT2D eigenvalue weighted by Gasteiger charge is 2.22. The number of carbonyl (C=O) groups is 1. The Balaban J connectivity index is 1.74. The summed E-state index contributed by atoms with van der Waals surface area (Å²) < 4.78 is 8.45. The Hall–Kier alpha value is -2.80. The summed E-state index contributed by atoms with van der Waals surface area (Å²) in [7, 11) is 0. The van der Waals surface area contributed by atoms with Crippen LogP contribution < -0.4 is 10.1 Å². The van der Waals surface area contributed by atoms with Crippen molar-refractivity contribution in [2.45, 2.75) is 78.1 Å². The number of para-hydroxylation sites is 2. The van der Waals surface area contributed by atoms with Crippen molar-refractivity contribution in [3.8, 4) is 5.75 Å². The molecule has 35 heavy (non-hydrogen) atoms. The molecule has 0 saturated heterocycles. The van der Waals surface area contributed by atoms with E-state index in [1.807, 2.05) is 43.3 Å².